The summed E-state index contributed by atoms with van der Waals surface area (Å²) in [6, 6.07) is 6.35. The standard InChI is InChI=1S/C16H25N3O5S/c1-3-24-14-4-6-15(7-5-14)25(21,22)17-8-9-18-10-12-19(13-11-18)16(20)23-2/h4-7,17H,3,8-13H2,1-2H3. The zero-order chi connectivity index (χ0) is 18.3. The number of sulfonamides is 1. The van der Waals surface area contributed by atoms with E-state index in [0.717, 1.165) is 0 Å². The van der Waals surface area contributed by atoms with Crippen molar-refractivity contribution in [2.45, 2.75) is 11.8 Å². The summed E-state index contributed by atoms with van der Waals surface area (Å²) in [6.45, 7) is 5.86. The van der Waals surface area contributed by atoms with Crippen molar-refractivity contribution >= 4 is 16.1 Å². The van der Waals surface area contributed by atoms with Crippen molar-refractivity contribution in [1.29, 1.82) is 0 Å². The van der Waals surface area contributed by atoms with Crippen LogP contribution in [0, 0.1) is 0 Å². The molecule has 1 saturated heterocycles. The molecule has 9 heteroatoms. The number of ether oxygens (including phenoxy) is 2. The fourth-order valence-electron chi connectivity index (χ4n) is 2.59. The second kappa shape index (κ2) is 9.02. The fraction of sp³-hybridized carbons (Fsp3) is 0.562. The van der Waals surface area contributed by atoms with E-state index in [1.165, 1.54) is 19.2 Å². The van der Waals surface area contributed by atoms with Gasteiger partial charge in [-0.1, -0.05) is 0 Å². The Labute approximate surface area is 148 Å². The first-order valence-corrected chi connectivity index (χ1v) is 9.72. The predicted octanol–water partition coefficient (Wildman–Crippen LogP) is 0.748. The van der Waals surface area contributed by atoms with E-state index < -0.39 is 10.0 Å². The van der Waals surface area contributed by atoms with Gasteiger partial charge in [-0.3, -0.25) is 4.90 Å². The smallest absolute Gasteiger partial charge is 0.409 e. The summed E-state index contributed by atoms with van der Waals surface area (Å²) in [5.41, 5.74) is 0. The third-order valence-corrected chi connectivity index (χ3v) is 5.45. The van der Waals surface area contributed by atoms with Crippen molar-refractivity contribution in [1.82, 2.24) is 14.5 Å². The molecule has 140 valence electrons. The van der Waals surface area contributed by atoms with Crippen LogP contribution in [0.4, 0.5) is 4.79 Å². The summed E-state index contributed by atoms with van der Waals surface area (Å²) in [6.07, 6.45) is -0.323. The maximum absolute atomic E-state index is 12.3. The molecule has 1 aromatic rings. The van der Waals surface area contributed by atoms with E-state index in [-0.39, 0.29) is 11.0 Å². The van der Waals surface area contributed by atoms with Crippen molar-refractivity contribution < 1.29 is 22.7 Å². The lowest BCUT2D eigenvalue weighted by molar-refractivity contribution is 0.0918. The van der Waals surface area contributed by atoms with Crippen LogP contribution in [-0.2, 0) is 14.8 Å². The number of benzene rings is 1. The van der Waals surface area contributed by atoms with Gasteiger partial charge in [-0.25, -0.2) is 17.9 Å². The normalized spacial score (nSPS) is 15.8. The lowest BCUT2D eigenvalue weighted by atomic mass is 10.3. The number of nitrogens with one attached hydrogen (secondary N) is 1. The Kier molecular flexibility index (Phi) is 7.03. The molecule has 1 aliphatic heterocycles. The van der Waals surface area contributed by atoms with Gasteiger partial charge in [-0.15, -0.1) is 0 Å². The number of methoxy groups -OCH3 is 1. The van der Waals surface area contributed by atoms with Gasteiger partial charge in [0.15, 0.2) is 0 Å². The molecule has 2 rings (SSSR count). The van der Waals surface area contributed by atoms with Crippen LogP contribution in [0.15, 0.2) is 29.2 Å². The average Bonchev–Trinajstić information content (AvgIpc) is 2.62. The summed E-state index contributed by atoms with van der Waals surface area (Å²) >= 11 is 0. The first-order valence-electron chi connectivity index (χ1n) is 8.24. The Morgan fingerprint density at radius 3 is 2.36 bits per heavy atom. The van der Waals surface area contributed by atoms with Crippen LogP contribution in [-0.4, -0.2) is 77.3 Å². The summed E-state index contributed by atoms with van der Waals surface area (Å²) in [4.78, 5) is 15.4. The van der Waals surface area contributed by atoms with Crippen LogP contribution in [0.3, 0.4) is 0 Å². The maximum Gasteiger partial charge on any atom is 0.409 e. The highest BCUT2D eigenvalue weighted by molar-refractivity contribution is 7.89. The van der Waals surface area contributed by atoms with Gasteiger partial charge in [-0.2, -0.15) is 0 Å². The molecule has 1 aromatic carbocycles. The Morgan fingerprint density at radius 1 is 1.16 bits per heavy atom. The number of hydrogen-bond donors (Lipinski definition) is 1. The molecule has 0 spiro atoms. The van der Waals surface area contributed by atoms with Crippen molar-refractivity contribution in [2.24, 2.45) is 0 Å². The molecule has 1 amide bonds. The number of nitrogens with zero attached hydrogens (tertiary/aromatic N) is 2. The third kappa shape index (κ3) is 5.58. The van der Waals surface area contributed by atoms with Gasteiger partial charge in [-0.05, 0) is 31.2 Å². The van der Waals surface area contributed by atoms with Crippen LogP contribution in [0.2, 0.25) is 0 Å². The van der Waals surface area contributed by atoms with Crippen LogP contribution in [0.5, 0.6) is 5.75 Å². The summed E-state index contributed by atoms with van der Waals surface area (Å²) in [5, 5.41) is 0. The van der Waals surface area contributed by atoms with E-state index in [2.05, 4.69) is 9.62 Å². The Morgan fingerprint density at radius 2 is 1.80 bits per heavy atom. The van der Waals surface area contributed by atoms with E-state index in [1.807, 2.05) is 6.92 Å². The fourth-order valence-corrected chi connectivity index (χ4v) is 3.61. The van der Waals surface area contributed by atoms with Crippen LogP contribution in [0.25, 0.3) is 0 Å². The van der Waals surface area contributed by atoms with Crippen LogP contribution in [0.1, 0.15) is 6.92 Å². The number of rotatable bonds is 7. The van der Waals surface area contributed by atoms with E-state index in [0.29, 0.717) is 51.6 Å². The van der Waals surface area contributed by atoms with Crippen molar-refractivity contribution in [3.8, 4) is 5.75 Å². The largest absolute Gasteiger partial charge is 0.494 e. The third-order valence-electron chi connectivity index (χ3n) is 3.97. The van der Waals surface area contributed by atoms with Crippen LogP contribution < -0.4 is 9.46 Å². The predicted molar refractivity (Wildman–Crippen MR) is 93.2 cm³/mol. The Balaban J connectivity index is 1.78. The molecule has 1 fully saturated rings. The number of amides is 1. The van der Waals surface area contributed by atoms with Gasteiger partial charge < -0.3 is 14.4 Å². The Bertz CT molecular complexity index is 655. The SMILES string of the molecule is CCOc1ccc(S(=O)(=O)NCCN2CCN(C(=O)OC)CC2)cc1. The van der Waals surface area contributed by atoms with Gasteiger partial charge in [0.2, 0.25) is 10.0 Å². The average molecular weight is 371 g/mol. The minimum Gasteiger partial charge on any atom is -0.494 e. The number of carbonyl (C=O) groups excluding carboxylic acids is 1. The molecule has 0 aliphatic carbocycles. The van der Waals surface area contributed by atoms with Crippen molar-refractivity contribution in [3.63, 3.8) is 0 Å². The zero-order valence-electron chi connectivity index (χ0n) is 14.6. The highest BCUT2D eigenvalue weighted by Crippen LogP contribution is 2.15. The summed E-state index contributed by atoms with van der Waals surface area (Å²) < 4.78 is 37.2. The summed E-state index contributed by atoms with van der Waals surface area (Å²) in [5.74, 6) is 0.643. The van der Waals surface area contributed by atoms with Crippen molar-refractivity contribution in [3.05, 3.63) is 24.3 Å². The molecule has 1 heterocycles. The highest BCUT2D eigenvalue weighted by Gasteiger charge is 2.21. The zero-order valence-corrected chi connectivity index (χ0v) is 15.4. The van der Waals surface area contributed by atoms with E-state index in [4.69, 9.17) is 9.47 Å². The monoisotopic (exact) mass is 371 g/mol. The van der Waals surface area contributed by atoms with Crippen LogP contribution >= 0.6 is 0 Å². The number of carbonyl (C=O) groups is 1. The second-order valence-electron chi connectivity index (χ2n) is 5.60. The molecule has 0 bridgehead atoms. The molecule has 0 unspecified atom stereocenters. The van der Waals surface area contributed by atoms with E-state index in [1.54, 1.807) is 17.0 Å². The second-order valence-corrected chi connectivity index (χ2v) is 7.37. The number of piperazine rings is 1. The van der Waals surface area contributed by atoms with Gasteiger partial charge in [0.05, 0.1) is 18.6 Å². The lowest BCUT2D eigenvalue weighted by Gasteiger charge is -2.33. The van der Waals surface area contributed by atoms with Gasteiger partial charge in [0, 0.05) is 39.3 Å². The van der Waals surface area contributed by atoms with Crippen molar-refractivity contribution in [2.75, 3.05) is 53.0 Å². The first-order chi connectivity index (χ1) is 12.0. The summed E-state index contributed by atoms with van der Waals surface area (Å²) in [7, 11) is -2.17. The molecule has 0 atom stereocenters. The topological polar surface area (TPSA) is 88.2 Å². The number of hydrogen-bond acceptors (Lipinski definition) is 6. The molecular formula is C16H25N3O5S. The van der Waals surface area contributed by atoms with Gasteiger partial charge >= 0.3 is 6.09 Å². The molecule has 0 aromatic heterocycles. The molecule has 25 heavy (non-hydrogen) atoms. The quantitative estimate of drug-likeness (QED) is 0.761. The van der Waals surface area contributed by atoms with E-state index in [9.17, 15) is 13.2 Å². The molecule has 1 N–H and O–H groups in total. The molecule has 8 nitrogen and oxygen atoms in total. The molecular weight excluding hydrogens is 346 g/mol. The maximum atomic E-state index is 12.3. The van der Waals surface area contributed by atoms with Gasteiger partial charge in [0.25, 0.3) is 0 Å². The minimum atomic E-state index is -3.54. The minimum absolute atomic E-state index is 0.214. The molecule has 1 aliphatic rings. The molecule has 0 radical (unpaired) electrons. The van der Waals surface area contributed by atoms with E-state index >= 15 is 0 Å². The first kappa shape index (κ1) is 19.5. The lowest BCUT2D eigenvalue weighted by Crippen LogP contribution is -2.50. The molecule has 0 saturated carbocycles. The van der Waals surface area contributed by atoms with Gasteiger partial charge in [0.1, 0.15) is 5.75 Å². The Hall–Kier alpha value is -1.84. The highest BCUT2D eigenvalue weighted by atomic mass is 32.2.